The minimum atomic E-state index is 0.0290. The maximum atomic E-state index is 11.8. The smallest absolute Gasteiger partial charge is 0.230 e. The van der Waals surface area contributed by atoms with E-state index >= 15 is 0 Å². The van der Waals surface area contributed by atoms with E-state index in [0.29, 0.717) is 18.9 Å². The average Bonchev–Trinajstić information content (AvgIpc) is 2.59. The molecule has 0 bridgehead atoms. The number of amides is 1. The molecule has 1 amide bonds. The quantitative estimate of drug-likeness (QED) is 0.707. The Morgan fingerprint density at radius 1 is 1.12 bits per heavy atom. The van der Waals surface area contributed by atoms with Crippen molar-refractivity contribution in [2.24, 2.45) is 0 Å². The van der Waals surface area contributed by atoms with Gasteiger partial charge in [0.05, 0.1) is 19.4 Å². The van der Waals surface area contributed by atoms with Crippen molar-refractivity contribution < 1.29 is 14.3 Å². The molecule has 1 N–H and O–H groups in total. The van der Waals surface area contributed by atoms with E-state index in [1.165, 1.54) is 5.56 Å². The number of rotatable bonds is 9. The van der Waals surface area contributed by atoms with Gasteiger partial charge in [0, 0.05) is 5.75 Å². The maximum Gasteiger partial charge on any atom is 0.230 e. The van der Waals surface area contributed by atoms with Crippen LogP contribution in [0.25, 0.3) is 0 Å². The topological polar surface area (TPSA) is 47.6 Å². The highest BCUT2D eigenvalue weighted by Crippen LogP contribution is 2.16. The molecule has 0 radical (unpaired) electrons. The van der Waals surface area contributed by atoms with Crippen molar-refractivity contribution in [2.75, 3.05) is 26.0 Å². The molecule has 4 nitrogen and oxygen atoms in total. The van der Waals surface area contributed by atoms with Crippen molar-refractivity contribution in [1.82, 2.24) is 5.32 Å². The van der Waals surface area contributed by atoms with Crippen LogP contribution >= 0.6 is 11.8 Å². The van der Waals surface area contributed by atoms with E-state index in [2.05, 4.69) is 5.32 Å². The molecule has 0 atom stereocenters. The summed E-state index contributed by atoms with van der Waals surface area (Å²) in [6, 6.07) is 15.8. The first-order chi connectivity index (χ1) is 11.7. The van der Waals surface area contributed by atoms with Crippen LogP contribution in [0.2, 0.25) is 0 Å². The molecular weight excluding hydrogens is 322 g/mol. The largest absolute Gasteiger partial charge is 0.497 e. The molecular formula is C19H23NO3S. The molecule has 128 valence electrons. The highest BCUT2D eigenvalue weighted by atomic mass is 32.2. The molecule has 0 aliphatic rings. The zero-order valence-electron chi connectivity index (χ0n) is 14.1. The Hall–Kier alpha value is -2.14. The molecule has 2 aromatic carbocycles. The van der Waals surface area contributed by atoms with Gasteiger partial charge in [0.1, 0.15) is 18.1 Å². The number of ether oxygens (including phenoxy) is 2. The van der Waals surface area contributed by atoms with Gasteiger partial charge in [-0.05, 0) is 42.3 Å². The molecule has 2 aromatic rings. The van der Waals surface area contributed by atoms with E-state index in [0.717, 1.165) is 22.8 Å². The third-order valence-electron chi connectivity index (χ3n) is 3.34. The van der Waals surface area contributed by atoms with Crippen molar-refractivity contribution in [2.45, 2.75) is 12.7 Å². The van der Waals surface area contributed by atoms with Crippen LogP contribution in [0.3, 0.4) is 0 Å². The molecule has 0 saturated carbocycles. The maximum absolute atomic E-state index is 11.8. The lowest BCUT2D eigenvalue weighted by Gasteiger charge is -2.08. The van der Waals surface area contributed by atoms with Gasteiger partial charge in [-0.2, -0.15) is 0 Å². The predicted molar refractivity (Wildman–Crippen MR) is 98.8 cm³/mol. The summed E-state index contributed by atoms with van der Waals surface area (Å²) in [5, 5.41) is 2.87. The van der Waals surface area contributed by atoms with E-state index in [1.807, 2.05) is 55.5 Å². The van der Waals surface area contributed by atoms with E-state index in [4.69, 9.17) is 9.47 Å². The number of thioether (sulfide) groups is 1. The minimum Gasteiger partial charge on any atom is -0.497 e. The third kappa shape index (κ3) is 6.54. The van der Waals surface area contributed by atoms with E-state index < -0.39 is 0 Å². The summed E-state index contributed by atoms with van der Waals surface area (Å²) in [5.74, 6) is 2.95. The summed E-state index contributed by atoms with van der Waals surface area (Å²) >= 11 is 1.59. The van der Waals surface area contributed by atoms with Crippen LogP contribution in [0.1, 0.15) is 11.1 Å². The summed E-state index contributed by atoms with van der Waals surface area (Å²) in [5.41, 5.74) is 2.34. The Labute approximate surface area is 147 Å². The van der Waals surface area contributed by atoms with E-state index in [9.17, 15) is 4.79 Å². The third-order valence-corrected chi connectivity index (χ3v) is 4.35. The number of nitrogens with one attached hydrogen (secondary N) is 1. The number of methoxy groups -OCH3 is 1. The van der Waals surface area contributed by atoms with Crippen LogP contribution in [-0.4, -0.2) is 31.9 Å². The molecule has 0 unspecified atom stereocenters. The van der Waals surface area contributed by atoms with Crippen molar-refractivity contribution in [3.63, 3.8) is 0 Å². The van der Waals surface area contributed by atoms with Gasteiger partial charge in [-0.1, -0.05) is 24.3 Å². The molecule has 2 rings (SSSR count). The minimum absolute atomic E-state index is 0.0290. The molecule has 5 heteroatoms. The van der Waals surface area contributed by atoms with Crippen LogP contribution in [0.15, 0.2) is 48.5 Å². The summed E-state index contributed by atoms with van der Waals surface area (Å²) < 4.78 is 10.7. The molecule has 0 aliphatic heterocycles. The summed E-state index contributed by atoms with van der Waals surface area (Å²) in [4.78, 5) is 11.8. The second kappa shape index (κ2) is 9.88. The molecule has 0 heterocycles. The fourth-order valence-electron chi connectivity index (χ4n) is 2.10. The van der Waals surface area contributed by atoms with Gasteiger partial charge < -0.3 is 14.8 Å². The summed E-state index contributed by atoms with van der Waals surface area (Å²) in [7, 11) is 1.65. The normalized spacial score (nSPS) is 10.2. The van der Waals surface area contributed by atoms with Gasteiger partial charge in [0.15, 0.2) is 0 Å². The molecule has 24 heavy (non-hydrogen) atoms. The van der Waals surface area contributed by atoms with Gasteiger partial charge in [-0.3, -0.25) is 4.79 Å². The first-order valence-corrected chi connectivity index (χ1v) is 8.99. The highest BCUT2D eigenvalue weighted by Gasteiger charge is 2.02. The van der Waals surface area contributed by atoms with Crippen LogP contribution in [-0.2, 0) is 10.5 Å². The first kappa shape index (κ1) is 18.2. The van der Waals surface area contributed by atoms with Crippen LogP contribution in [0, 0.1) is 6.92 Å². The molecule has 0 aliphatic carbocycles. The summed E-state index contributed by atoms with van der Waals surface area (Å²) in [6.07, 6.45) is 0. The Bertz CT molecular complexity index is 643. The molecule has 0 saturated heterocycles. The zero-order valence-corrected chi connectivity index (χ0v) is 14.9. The molecule has 0 spiro atoms. The molecule has 0 fully saturated rings. The second-order valence-corrected chi connectivity index (χ2v) is 6.34. The van der Waals surface area contributed by atoms with Crippen molar-refractivity contribution in [3.05, 3.63) is 59.7 Å². The van der Waals surface area contributed by atoms with Gasteiger partial charge >= 0.3 is 0 Å². The van der Waals surface area contributed by atoms with Gasteiger partial charge in [0.25, 0.3) is 0 Å². The predicted octanol–water partition coefficient (Wildman–Crippen LogP) is 3.43. The Morgan fingerprint density at radius 2 is 1.92 bits per heavy atom. The van der Waals surface area contributed by atoms with Crippen molar-refractivity contribution in [3.8, 4) is 11.5 Å². The number of benzene rings is 2. The van der Waals surface area contributed by atoms with Crippen molar-refractivity contribution >= 4 is 17.7 Å². The van der Waals surface area contributed by atoms with Crippen LogP contribution in [0.4, 0.5) is 0 Å². The van der Waals surface area contributed by atoms with E-state index in [-0.39, 0.29) is 5.91 Å². The summed E-state index contributed by atoms with van der Waals surface area (Å²) in [6.45, 7) is 3.00. The second-order valence-electron chi connectivity index (χ2n) is 5.36. The van der Waals surface area contributed by atoms with Gasteiger partial charge in [0.2, 0.25) is 5.91 Å². The fraction of sp³-hybridized carbons (Fsp3) is 0.316. The lowest BCUT2D eigenvalue weighted by atomic mass is 10.2. The Kier molecular flexibility index (Phi) is 7.49. The van der Waals surface area contributed by atoms with E-state index in [1.54, 1.807) is 18.9 Å². The number of hydrogen-bond donors (Lipinski definition) is 1. The number of aryl methyl sites for hydroxylation is 1. The number of hydrogen-bond acceptors (Lipinski definition) is 4. The monoisotopic (exact) mass is 345 g/mol. The van der Waals surface area contributed by atoms with Crippen LogP contribution < -0.4 is 14.8 Å². The zero-order chi connectivity index (χ0) is 17.2. The standard InChI is InChI=1S/C19H23NO3S/c1-15-4-3-5-18(12-15)23-11-10-20-19(21)14-24-13-16-6-8-17(22-2)9-7-16/h3-9,12H,10-11,13-14H2,1-2H3,(H,20,21). The fourth-order valence-corrected chi connectivity index (χ4v) is 2.92. The Morgan fingerprint density at radius 3 is 2.62 bits per heavy atom. The first-order valence-electron chi connectivity index (χ1n) is 7.84. The SMILES string of the molecule is COc1ccc(CSCC(=O)NCCOc2cccc(C)c2)cc1. The van der Waals surface area contributed by atoms with Crippen molar-refractivity contribution in [1.29, 1.82) is 0 Å². The lowest BCUT2D eigenvalue weighted by molar-refractivity contribution is -0.118. The van der Waals surface area contributed by atoms with Gasteiger partial charge in [-0.25, -0.2) is 0 Å². The lowest BCUT2D eigenvalue weighted by Crippen LogP contribution is -2.29. The number of carbonyl (C=O) groups is 1. The molecule has 0 aromatic heterocycles. The average molecular weight is 345 g/mol. The van der Waals surface area contributed by atoms with Gasteiger partial charge in [-0.15, -0.1) is 11.8 Å². The van der Waals surface area contributed by atoms with Crippen LogP contribution in [0.5, 0.6) is 11.5 Å². The highest BCUT2D eigenvalue weighted by molar-refractivity contribution is 7.99. The number of carbonyl (C=O) groups excluding carboxylic acids is 1. The Balaban J connectivity index is 1.57.